The normalized spacial score (nSPS) is 12.6. The minimum absolute atomic E-state index is 0.662. The van der Waals surface area contributed by atoms with Crippen molar-refractivity contribution in [1.29, 1.82) is 0 Å². The Morgan fingerprint density at radius 1 is 0.760 bits per heavy atom. The summed E-state index contributed by atoms with van der Waals surface area (Å²) in [5.41, 5.74) is 11.9. The fraction of sp³-hybridized carbons (Fsp3) is 0.0455. The lowest BCUT2D eigenvalue weighted by Crippen LogP contribution is -2.08. The fourth-order valence-electron chi connectivity index (χ4n) is 2.46. The van der Waals surface area contributed by atoms with Crippen LogP contribution in [0.15, 0.2) is 94.4 Å². The van der Waals surface area contributed by atoms with E-state index in [1.165, 1.54) is 5.56 Å². The third-order valence-corrected chi connectivity index (χ3v) is 4.65. The van der Waals surface area contributed by atoms with Crippen LogP contribution in [0.3, 0.4) is 0 Å². The zero-order valence-corrected chi connectivity index (χ0v) is 15.6. The Labute approximate surface area is 156 Å². The molecule has 0 fully saturated rings. The topological polar surface area (TPSA) is 38.4 Å². The minimum atomic E-state index is 0.662. The molecule has 0 unspecified atom stereocenters. The van der Waals surface area contributed by atoms with Crippen molar-refractivity contribution in [1.82, 2.24) is 0 Å². The smallest absolute Gasteiger partial charge is 0.0872 e. The summed E-state index contributed by atoms with van der Waals surface area (Å²) in [7, 11) is 0. The second-order valence-corrected chi connectivity index (χ2v) is 6.55. The summed E-state index contributed by atoms with van der Waals surface area (Å²) < 4.78 is 0.783. The van der Waals surface area contributed by atoms with Gasteiger partial charge in [0.1, 0.15) is 0 Å². The fourth-order valence-corrected chi connectivity index (χ4v) is 3.00. The highest BCUT2D eigenvalue weighted by Gasteiger charge is 2.13. The van der Waals surface area contributed by atoms with Gasteiger partial charge in [-0.3, -0.25) is 0 Å². The summed E-state index contributed by atoms with van der Waals surface area (Å²) >= 11 is 3.68. The molecule has 0 heterocycles. The van der Waals surface area contributed by atoms with E-state index in [2.05, 4.69) is 35.0 Å². The van der Waals surface area contributed by atoms with Gasteiger partial charge in [-0.1, -0.05) is 78.4 Å². The molecule has 3 aromatic rings. The molecule has 0 radical (unpaired) electrons. The Morgan fingerprint density at radius 2 is 1.28 bits per heavy atom. The molecule has 0 aliphatic carbocycles. The number of aliphatic imine (C=N–C) groups is 1. The lowest BCUT2D eigenvalue weighted by atomic mass is 10.1. The van der Waals surface area contributed by atoms with Crippen LogP contribution in [0, 0.1) is 6.92 Å². The van der Waals surface area contributed by atoms with E-state index in [4.69, 9.17) is 10.7 Å². The van der Waals surface area contributed by atoms with Gasteiger partial charge in [-0.2, -0.15) is 0 Å². The molecule has 2 nitrogen and oxygen atoms in total. The molecular formula is C22H19BrN2. The molecule has 0 spiro atoms. The molecule has 0 bridgehead atoms. The highest BCUT2D eigenvalue weighted by molar-refractivity contribution is 9.12. The molecule has 3 rings (SSSR count). The van der Waals surface area contributed by atoms with Gasteiger partial charge in [-0.15, -0.1) is 0 Å². The monoisotopic (exact) mass is 390 g/mol. The number of nitrogens with zero attached hydrogens (tertiary/aromatic N) is 1. The SMILES string of the molecule is Cc1ccc(N=C(/C(Br)=C(\N)c2ccccc2)c2ccccc2)cc1. The van der Waals surface area contributed by atoms with E-state index in [-0.39, 0.29) is 0 Å². The second kappa shape index (κ2) is 7.95. The molecule has 0 aromatic heterocycles. The summed E-state index contributed by atoms with van der Waals surface area (Å²) in [6, 6.07) is 28.1. The maximum Gasteiger partial charge on any atom is 0.0872 e. The lowest BCUT2D eigenvalue weighted by molar-refractivity contribution is 1.43. The number of halogens is 1. The molecule has 25 heavy (non-hydrogen) atoms. The average molecular weight is 391 g/mol. The number of aryl methyl sites for hydroxylation is 1. The van der Waals surface area contributed by atoms with Crippen LogP contribution in [0.4, 0.5) is 5.69 Å². The van der Waals surface area contributed by atoms with E-state index in [0.717, 1.165) is 27.0 Å². The zero-order valence-electron chi connectivity index (χ0n) is 14.0. The van der Waals surface area contributed by atoms with Crippen LogP contribution < -0.4 is 5.73 Å². The molecule has 0 aliphatic rings. The standard InChI is InChI=1S/C22H19BrN2/c1-16-12-14-19(15-13-16)25-22(18-10-6-3-7-11-18)20(23)21(24)17-8-4-2-5-9-17/h2-15H,24H2,1H3/b21-20+,25-22?. The van der Waals surface area contributed by atoms with Crippen LogP contribution in [0.25, 0.3) is 5.70 Å². The maximum atomic E-state index is 6.41. The first-order valence-corrected chi connectivity index (χ1v) is 8.86. The Balaban J connectivity index is 2.13. The van der Waals surface area contributed by atoms with Gasteiger partial charge in [0.15, 0.2) is 0 Å². The number of nitrogens with two attached hydrogens (primary N) is 1. The van der Waals surface area contributed by atoms with Gasteiger partial charge in [0.05, 0.1) is 21.6 Å². The van der Waals surface area contributed by atoms with Gasteiger partial charge in [-0.05, 0) is 40.5 Å². The van der Waals surface area contributed by atoms with E-state index in [0.29, 0.717) is 5.70 Å². The predicted molar refractivity (Wildman–Crippen MR) is 110 cm³/mol. The Bertz CT molecular complexity index is 896. The molecule has 2 N–H and O–H groups in total. The molecule has 0 saturated heterocycles. The molecule has 3 heteroatoms. The van der Waals surface area contributed by atoms with Crippen molar-refractivity contribution in [2.75, 3.05) is 0 Å². The molecule has 0 atom stereocenters. The largest absolute Gasteiger partial charge is 0.397 e. The van der Waals surface area contributed by atoms with E-state index in [1.54, 1.807) is 0 Å². The third-order valence-electron chi connectivity index (χ3n) is 3.85. The van der Waals surface area contributed by atoms with Crippen molar-refractivity contribution in [3.05, 3.63) is 106 Å². The number of hydrogen-bond acceptors (Lipinski definition) is 2. The molecular weight excluding hydrogens is 372 g/mol. The van der Waals surface area contributed by atoms with Crippen LogP contribution in [0.5, 0.6) is 0 Å². The third kappa shape index (κ3) is 4.25. The first-order valence-electron chi connectivity index (χ1n) is 8.07. The van der Waals surface area contributed by atoms with Crippen LogP contribution in [0.2, 0.25) is 0 Å². The number of benzene rings is 3. The second-order valence-electron chi connectivity index (χ2n) is 5.76. The summed E-state index contributed by atoms with van der Waals surface area (Å²) in [4.78, 5) is 4.85. The minimum Gasteiger partial charge on any atom is -0.397 e. The Kier molecular flexibility index (Phi) is 5.46. The van der Waals surface area contributed by atoms with Crippen LogP contribution in [-0.2, 0) is 0 Å². The molecule has 3 aromatic carbocycles. The van der Waals surface area contributed by atoms with Gasteiger partial charge >= 0.3 is 0 Å². The van der Waals surface area contributed by atoms with Gasteiger partial charge in [0.2, 0.25) is 0 Å². The first kappa shape index (κ1) is 17.2. The molecule has 0 saturated carbocycles. The van der Waals surface area contributed by atoms with Gasteiger partial charge in [-0.25, -0.2) is 4.99 Å². The first-order chi connectivity index (χ1) is 12.1. The van der Waals surface area contributed by atoms with Crippen molar-refractivity contribution < 1.29 is 0 Å². The highest BCUT2D eigenvalue weighted by Crippen LogP contribution is 2.26. The van der Waals surface area contributed by atoms with E-state index < -0.39 is 0 Å². The van der Waals surface area contributed by atoms with Crippen molar-refractivity contribution >= 4 is 33.0 Å². The zero-order chi connectivity index (χ0) is 17.6. The van der Waals surface area contributed by atoms with Crippen LogP contribution >= 0.6 is 15.9 Å². The summed E-state index contributed by atoms with van der Waals surface area (Å²) in [5, 5.41) is 0. The Hall–Kier alpha value is -2.65. The van der Waals surface area contributed by atoms with Crippen molar-refractivity contribution in [3.63, 3.8) is 0 Å². The van der Waals surface area contributed by atoms with E-state index in [1.807, 2.05) is 72.8 Å². The van der Waals surface area contributed by atoms with E-state index in [9.17, 15) is 0 Å². The summed E-state index contributed by atoms with van der Waals surface area (Å²) in [6.07, 6.45) is 0. The van der Waals surface area contributed by atoms with Crippen molar-refractivity contribution in [2.45, 2.75) is 6.92 Å². The van der Waals surface area contributed by atoms with Gasteiger partial charge < -0.3 is 5.73 Å². The van der Waals surface area contributed by atoms with Crippen LogP contribution in [0.1, 0.15) is 16.7 Å². The van der Waals surface area contributed by atoms with Crippen molar-refractivity contribution in [3.8, 4) is 0 Å². The van der Waals surface area contributed by atoms with Gasteiger partial charge in [0.25, 0.3) is 0 Å². The average Bonchev–Trinajstić information content (AvgIpc) is 2.68. The lowest BCUT2D eigenvalue weighted by Gasteiger charge is -2.11. The quantitative estimate of drug-likeness (QED) is 0.558. The predicted octanol–water partition coefficient (Wildman–Crippen LogP) is 5.84. The summed E-state index contributed by atoms with van der Waals surface area (Å²) in [5.74, 6) is 0. The summed E-state index contributed by atoms with van der Waals surface area (Å²) in [6.45, 7) is 2.06. The maximum absolute atomic E-state index is 6.41. The molecule has 124 valence electrons. The van der Waals surface area contributed by atoms with Crippen LogP contribution in [-0.4, -0.2) is 5.71 Å². The van der Waals surface area contributed by atoms with E-state index >= 15 is 0 Å². The highest BCUT2D eigenvalue weighted by atomic mass is 79.9. The van der Waals surface area contributed by atoms with Crippen molar-refractivity contribution in [2.24, 2.45) is 10.7 Å². The number of hydrogen-bond donors (Lipinski definition) is 1. The van der Waals surface area contributed by atoms with Gasteiger partial charge in [0, 0.05) is 5.56 Å². The number of allylic oxidation sites excluding steroid dienone is 1. The molecule has 0 amide bonds. The Morgan fingerprint density at radius 3 is 1.84 bits per heavy atom. The molecule has 0 aliphatic heterocycles. The number of rotatable bonds is 4.